The monoisotopic (exact) mass is 268 g/mol. The summed E-state index contributed by atoms with van der Waals surface area (Å²) < 4.78 is 0. The Hall–Kier alpha value is -1.59. The molecule has 1 aliphatic carbocycles. The van der Waals surface area contributed by atoms with E-state index in [2.05, 4.69) is 5.32 Å². The average molecular weight is 268 g/mol. The third kappa shape index (κ3) is 3.24. The number of rotatable bonds is 2. The van der Waals surface area contributed by atoms with E-state index in [1.54, 1.807) is 4.90 Å². The lowest BCUT2D eigenvalue weighted by Gasteiger charge is -2.32. The molecule has 0 aromatic carbocycles. The fourth-order valence-corrected chi connectivity index (χ4v) is 2.94. The Morgan fingerprint density at radius 1 is 1.16 bits per heavy atom. The van der Waals surface area contributed by atoms with Gasteiger partial charge in [-0.3, -0.25) is 14.4 Å². The predicted octanol–water partition coefficient (Wildman–Crippen LogP) is 0.226. The molecule has 6 nitrogen and oxygen atoms in total. The van der Waals surface area contributed by atoms with Gasteiger partial charge < -0.3 is 15.3 Å². The van der Waals surface area contributed by atoms with Gasteiger partial charge in [0, 0.05) is 26.1 Å². The van der Waals surface area contributed by atoms with Gasteiger partial charge in [-0.15, -0.1) is 0 Å². The minimum atomic E-state index is -0.873. The van der Waals surface area contributed by atoms with Gasteiger partial charge in [-0.05, 0) is 12.8 Å². The van der Waals surface area contributed by atoms with Crippen molar-refractivity contribution in [3.8, 4) is 0 Å². The standard InChI is InChI=1S/C13H20N2O4/c16-11-5-7-15(8-6-14-11)12(17)9-3-1-2-4-10(9)13(18)19/h9-10H,1-8H2,(H,14,16)(H,18,19)/t9-,10+/m1/s1. The topological polar surface area (TPSA) is 86.7 Å². The van der Waals surface area contributed by atoms with Gasteiger partial charge in [0.25, 0.3) is 0 Å². The molecule has 1 aliphatic heterocycles. The summed E-state index contributed by atoms with van der Waals surface area (Å²) in [7, 11) is 0. The van der Waals surface area contributed by atoms with Gasteiger partial charge >= 0.3 is 5.97 Å². The molecule has 106 valence electrons. The summed E-state index contributed by atoms with van der Waals surface area (Å²) >= 11 is 0. The zero-order chi connectivity index (χ0) is 13.8. The highest BCUT2D eigenvalue weighted by Crippen LogP contribution is 2.31. The van der Waals surface area contributed by atoms with Gasteiger partial charge in [-0.25, -0.2) is 0 Å². The third-order valence-corrected chi connectivity index (χ3v) is 4.02. The molecule has 0 aromatic rings. The summed E-state index contributed by atoms with van der Waals surface area (Å²) in [5.74, 6) is -1.99. The number of hydrogen-bond acceptors (Lipinski definition) is 3. The first-order valence-electron chi connectivity index (χ1n) is 6.88. The van der Waals surface area contributed by atoms with Gasteiger partial charge in [0.05, 0.1) is 11.8 Å². The van der Waals surface area contributed by atoms with Crippen molar-refractivity contribution >= 4 is 17.8 Å². The molecule has 1 saturated heterocycles. The van der Waals surface area contributed by atoms with Crippen LogP contribution in [0.1, 0.15) is 32.1 Å². The van der Waals surface area contributed by atoms with E-state index in [1.807, 2.05) is 0 Å². The maximum Gasteiger partial charge on any atom is 0.307 e. The van der Waals surface area contributed by atoms with Crippen LogP contribution in [0.25, 0.3) is 0 Å². The predicted molar refractivity (Wildman–Crippen MR) is 67.3 cm³/mol. The molecule has 0 unspecified atom stereocenters. The third-order valence-electron chi connectivity index (χ3n) is 4.02. The Morgan fingerprint density at radius 2 is 1.84 bits per heavy atom. The molecule has 0 radical (unpaired) electrons. The Balaban J connectivity index is 2.04. The molecule has 19 heavy (non-hydrogen) atoms. The molecule has 2 N–H and O–H groups in total. The van der Waals surface area contributed by atoms with Crippen LogP contribution in [0, 0.1) is 11.8 Å². The number of hydrogen-bond donors (Lipinski definition) is 2. The van der Waals surface area contributed by atoms with Crippen LogP contribution in [0.15, 0.2) is 0 Å². The fraction of sp³-hybridized carbons (Fsp3) is 0.769. The molecule has 2 atom stereocenters. The molecular weight excluding hydrogens is 248 g/mol. The van der Waals surface area contributed by atoms with Crippen molar-refractivity contribution in [3.63, 3.8) is 0 Å². The van der Waals surface area contributed by atoms with Gasteiger partial charge in [0.2, 0.25) is 11.8 Å². The summed E-state index contributed by atoms with van der Waals surface area (Å²) in [5.41, 5.74) is 0. The molecule has 2 rings (SSSR count). The van der Waals surface area contributed by atoms with Crippen LogP contribution in [0.3, 0.4) is 0 Å². The van der Waals surface area contributed by atoms with E-state index in [-0.39, 0.29) is 11.8 Å². The SMILES string of the molecule is O=C1CCN(C(=O)[C@@H]2CCCC[C@@H]2C(=O)O)CCN1. The maximum absolute atomic E-state index is 12.5. The maximum atomic E-state index is 12.5. The summed E-state index contributed by atoms with van der Waals surface area (Å²) in [6.45, 7) is 1.33. The van der Waals surface area contributed by atoms with Crippen LogP contribution in [0.5, 0.6) is 0 Å². The van der Waals surface area contributed by atoms with Crippen LogP contribution in [-0.4, -0.2) is 47.4 Å². The lowest BCUT2D eigenvalue weighted by Crippen LogP contribution is -2.43. The molecule has 0 spiro atoms. The van der Waals surface area contributed by atoms with Crippen molar-refractivity contribution in [2.24, 2.45) is 11.8 Å². The van der Waals surface area contributed by atoms with Gasteiger partial charge in [-0.2, -0.15) is 0 Å². The number of nitrogens with one attached hydrogen (secondary N) is 1. The Labute approximate surface area is 112 Å². The highest BCUT2D eigenvalue weighted by atomic mass is 16.4. The smallest absolute Gasteiger partial charge is 0.307 e. The zero-order valence-electron chi connectivity index (χ0n) is 10.9. The minimum absolute atomic E-state index is 0.0475. The van der Waals surface area contributed by atoms with Crippen molar-refractivity contribution in [3.05, 3.63) is 0 Å². The van der Waals surface area contributed by atoms with Crippen LogP contribution in [-0.2, 0) is 14.4 Å². The van der Waals surface area contributed by atoms with Crippen molar-refractivity contribution in [1.29, 1.82) is 0 Å². The van der Waals surface area contributed by atoms with Crippen molar-refractivity contribution in [1.82, 2.24) is 10.2 Å². The van der Waals surface area contributed by atoms with Crippen molar-refractivity contribution < 1.29 is 19.5 Å². The van der Waals surface area contributed by atoms with Crippen LogP contribution in [0.4, 0.5) is 0 Å². The molecule has 1 heterocycles. The first kappa shape index (κ1) is 13.8. The molecule has 6 heteroatoms. The Bertz CT molecular complexity index is 383. The molecule has 2 aliphatic rings. The minimum Gasteiger partial charge on any atom is -0.481 e. The average Bonchev–Trinajstić information content (AvgIpc) is 2.62. The second-order valence-electron chi connectivity index (χ2n) is 5.26. The van der Waals surface area contributed by atoms with Crippen LogP contribution in [0.2, 0.25) is 0 Å². The van der Waals surface area contributed by atoms with E-state index >= 15 is 0 Å². The van der Waals surface area contributed by atoms with E-state index in [4.69, 9.17) is 0 Å². The van der Waals surface area contributed by atoms with Crippen molar-refractivity contribution in [2.45, 2.75) is 32.1 Å². The van der Waals surface area contributed by atoms with Crippen LogP contribution < -0.4 is 5.32 Å². The molecule has 2 amide bonds. The highest BCUT2D eigenvalue weighted by molar-refractivity contribution is 5.86. The largest absolute Gasteiger partial charge is 0.481 e. The lowest BCUT2D eigenvalue weighted by molar-refractivity contribution is -0.152. The van der Waals surface area contributed by atoms with Crippen molar-refractivity contribution in [2.75, 3.05) is 19.6 Å². The number of carbonyl (C=O) groups excluding carboxylic acids is 2. The number of carboxylic acid groups (broad SMARTS) is 1. The summed E-state index contributed by atoms with van der Waals surface area (Å²) in [4.78, 5) is 36.6. The molecule has 2 fully saturated rings. The van der Waals surface area contributed by atoms with E-state index in [9.17, 15) is 19.5 Å². The van der Waals surface area contributed by atoms with Gasteiger partial charge in [0.15, 0.2) is 0 Å². The molecule has 1 saturated carbocycles. The molecule has 0 aromatic heterocycles. The normalized spacial score (nSPS) is 28.4. The zero-order valence-corrected chi connectivity index (χ0v) is 10.9. The highest BCUT2D eigenvalue weighted by Gasteiger charge is 2.38. The first-order valence-corrected chi connectivity index (χ1v) is 6.88. The second kappa shape index (κ2) is 6.04. The number of amides is 2. The van der Waals surface area contributed by atoms with Gasteiger partial charge in [0.1, 0.15) is 0 Å². The summed E-state index contributed by atoms with van der Waals surface area (Å²) in [5, 5.41) is 11.9. The van der Waals surface area contributed by atoms with Gasteiger partial charge in [-0.1, -0.05) is 12.8 Å². The fourth-order valence-electron chi connectivity index (χ4n) is 2.94. The number of carbonyl (C=O) groups is 3. The Morgan fingerprint density at radius 3 is 2.53 bits per heavy atom. The van der Waals surface area contributed by atoms with E-state index in [0.29, 0.717) is 38.9 Å². The molecular formula is C13H20N2O4. The quantitative estimate of drug-likeness (QED) is 0.750. The number of aliphatic carboxylic acids is 1. The van der Waals surface area contributed by atoms with E-state index < -0.39 is 17.8 Å². The lowest BCUT2D eigenvalue weighted by atomic mass is 9.78. The van der Waals surface area contributed by atoms with E-state index in [0.717, 1.165) is 12.8 Å². The number of nitrogens with zero attached hydrogens (tertiary/aromatic N) is 1. The second-order valence-corrected chi connectivity index (χ2v) is 5.26. The summed E-state index contributed by atoms with van der Waals surface area (Å²) in [6.07, 6.45) is 3.31. The first-order chi connectivity index (χ1) is 9.09. The number of carboxylic acids is 1. The molecule has 0 bridgehead atoms. The van der Waals surface area contributed by atoms with Crippen LogP contribution >= 0.6 is 0 Å². The van der Waals surface area contributed by atoms with E-state index in [1.165, 1.54) is 0 Å². The summed E-state index contributed by atoms with van der Waals surface area (Å²) in [6, 6.07) is 0. The Kier molecular flexibility index (Phi) is 4.39.